The highest BCUT2D eigenvalue weighted by Crippen LogP contribution is 2.35. The summed E-state index contributed by atoms with van der Waals surface area (Å²) in [7, 11) is 0. The number of nitrogens with zero attached hydrogens (tertiary/aromatic N) is 1. The van der Waals surface area contributed by atoms with Gasteiger partial charge >= 0.3 is 0 Å². The van der Waals surface area contributed by atoms with Crippen molar-refractivity contribution in [1.29, 1.82) is 0 Å². The van der Waals surface area contributed by atoms with Crippen molar-refractivity contribution in [2.24, 2.45) is 0 Å². The fourth-order valence-corrected chi connectivity index (χ4v) is 3.70. The van der Waals surface area contributed by atoms with Gasteiger partial charge in [0, 0.05) is 17.1 Å². The van der Waals surface area contributed by atoms with Gasteiger partial charge in [-0.15, -0.1) is 11.3 Å². The van der Waals surface area contributed by atoms with Crippen LogP contribution in [0.1, 0.15) is 47.6 Å². The molecule has 4 heteroatoms. The number of fused-ring (bicyclic) bond motifs is 1. The Kier molecular flexibility index (Phi) is 4.56. The first-order valence-electron chi connectivity index (χ1n) is 7.67. The Hall–Kier alpha value is -1.39. The highest BCUT2D eigenvalue weighted by atomic mass is 32.1. The van der Waals surface area contributed by atoms with Crippen LogP contribution in [0.15, 0.2) is 23.6 Å². The van der Waals surface area contributed by atoms with Crippen LogP contribution < -0.4 is 10.1 Å². The number of rotatable bonds is 5. The van der Waals surface area contributed by atoms with Gasteiger partial charge in [-0.25, -0.2) is 4.98 Å². The lowest BCUT2D eigenvalue weighted by atomic mass is 9.87. The van der Waals surface area contributed by atoms with Gasteiger partial charge in [0.05, 0.1) is 0 Å². The molecular formula is C17H22N2OS. The zero-order valence-corrected chi connectivity index (χ0v) is 13.5. The Balaban J connectivity index is 1.78. The van der Waals surface area contributed by atoms with E-state index in [9.17, 15) is 0 Å². The summed E-state index contributed by atoms with van der Waals surface area (Å²) in [4.78, 5) is 4.46. The number of aryl methyl sites for hydroxylation is 1. The van der Waals surface area contributed by atoms with E-state index in [1.165, 1.54) is 24.0 Å². The summed E-state index contributed by atoms with van der Waals surface area (Å²) in [6.45, 7) is 5.76. The van der Waals surface area contributed by atoms with E-state index in [2.05, 4.69) is 40.8 Å². The standard InChI is InChI=1S/C17H22N2OS/c1-3-18-15-8-4-7-14-13(15)6-5-9-16(14)20-10-17-19-12(2)11-21-17/h5-6,9,11,15,18H,3-4,7-8,10H2,1-2H3. The fourth-order valence-electron chi connectivity index (χ4n) is 3.02. The third kappa shape index (κ3) is 3.27. The summed E-state index contributed by atoms with van der Waals surface area (Å²) in [5, 5.41) is 6.69. The molecule has 0 fully saturated rings. The van der Waals surface area contributed by atoms with Crippen molar-refractivity contribution in [3.63, 3.8) is 0 Å². The Morgan fingerprint density at radius 2 is 2.33 bits per heavy atom. The lowest BCUT2D eigenvalue weighted by Crippen LogP contribution is -2.25. The molecule has 1 N–H and O–H groups in total. The average Bonchev–Trinajstić information content (AvgIpc) is 2.91. The van der Waals surface area contributed by atoms with Gasteiger partial charge in [-0.1, -0.05) is 19.1 Å². The molecule has 1 heterocycles. The monoisotopic (exact) mass is 302 g/mol. The number of hydrogen-bond donors (Lipinski definition) is 1. The molecule has 1 aliphatic rings. The number of ether oxygens (including phenoxy) is 1. The SMILES string of the molecule is CCNC1CCCc2c(OCc3nc(C)cs3)cccc21. The van der Waals surface area contributed by atoms with Crippen molar-refractivity contribution in [2.45, 2.75) is 45.8 Å². The largest absolute Gasteiger partial charge is 0.486 e. The number of aromatic nitrogens is 1. The minimum absolute atomic E-state index is 0.476. The molecular weight excluding hydrogens is 280 g/mol. The number of hydrogen-bond acceptors (Lipinski definition) is 4. The van der Waals surface area contributed by atoms with Gasteiger partial charge < -0.3 is 10.1 Å². The molecule has 3 nitrogen and oxygen atoms in total. The molecule has 0 saturated carbocycles. The van der Waals surface area contributed by atoms with Gasteiger partial charge in [0.15, 0.2) is 0 Å². The summed E-state index contributed by atoms with van der Waals surface area (Å²) in [6, 6.07) is 6.91. The molecule has 0 radical (unpaired) electrons. The Labute approximate surface area is 130 Å². The highest BCUT2D eigenvalue weighted by molar-refractivity contribution is 7.09. The first-order chi connectivity index (χ1) is 10.3. The maximum absolute atomic E-state index is 6.05. The number of benzene rings is 1. The van der Waals surface area contributed by atoms with E-state index >= 15 is 0 Å². The van der Waals surface area contributed by atoms with Crippen LogP contribution >= 0.6 is 11.3 Å². The minimum Gasteiger partial charge on any atom is -0.486 e. The molecule has 1 aromatic heterocycles. The smallest absolute Gasteiger partial charge is 0.140 e. The third-order valence-electron chi connectivity index (χ3n) is 3.93. The molecule has 21 heavy (non-hydrogen) atoms. The molecule has 0 bridgehead atoms. The van der Waals surface area contributed by atoms with E-state index in [-0.39, 0.29) is 0 Å². The molecule has 112 valence electrons. The zero-order valence-electron chi connectivity index (χ0n) is 12.7. The van der Waals surface area contributed by atoms with Crippen molar-refractivity contribution < 1.29 is 4.74 Å². The van der Waals surface area contributed by atoms with Crippen molar-refractivity contribution >= 4 is 11.3 Å². The topological polar surface area (TPSA) is 34.1 Å². The van der Waals surface area contributed by atoms with Gasteiger partial charge in [0.25, 0.3) is 0 Å². The van der Waals surface area contributed by atoms with E-state index in [0.717, 1.165) is 29.4 Å². The summed E-state index contributed by atoms with van der Waals surface area (Å²) in [5.74, 6) is 1.03. The first-order valence-corrected chi connectivity index (χ1v) is 8.55. The number of thiazole rings is 1. The van der Waals surface area contributed by atoms with Crippen LogP contribution in [0, 0.1) is 6.92 Å². The molecule has 1 unspecified atom stereocenters. The van der Waals surface area contributed by atoms with Gasteiger partial charge in [0.2, 0.25) is 0 Å². The van der Waals surface area contributed by atoms with Crippen LogP contribution in [0.4, 0.5) is 0 Å². The van der Waals surface area contributed by atoms with Crippen molar-refractivity contribution in [2.75, 3.05) is 6.54 Å². The van der Waals surface area contributed by atoms with Crippen LogP contribution in [-0.4, -0.2) is 11.5 Å². The van der Waals surface area contributed by atoms with E-state index < -0.39 is 0 Å². The quantitative estimate of drug-likeness (QED) is 0.906. The predicted molar refractivity (Wildman–Crippen MR) is 87.0 cm³/mol. The van der Waals surface area contributed by atoms with Crippen LogP contribution in [0.5, 0.6) is 5.75 Å². The Morgan fingerprint density at radius 3 is 3.10 bits per heavy atom. The second-order valence-corrected chi connectivity index (χ2v) is 6.44. The Bertz CT molecular complexity index is 609. The highest BCUT2D eigenvalue weighted by Gasteiger charge is 2.22. The van der Waals surface area contributed by atoms with E-state index in [1.54, 1.807) is 11.3 Å². The molecule has 1 aromatic carbocycles. The van der Waals surface area contributed by atoms with E-state index in [4.69, 9.17) is 4.74 Å². The van der Waals surface area contributed by atoms with Gasteiger partial charge in [-0.2, -0.15) is 0 Å². The summed E-state index contributed by atoms with van der Waals surface area (Å²) in [6.07, 6.45) is 3.56. The van der Waals surface area contributed by atoms with E-state index in [1.807, 2.05) is 6.92 Å². The van der Waals surface area contributed by atoms with Crippen LogP contribution in [-0.2, 0) is 13.0 Å². The molecule has 2 aromatic rings. The minimum atomic E-state index is 0.476. The van der Waals surface area contributed by atoms with Crippen molar-refractivity contribution in [1.82, 2.24) is 10.3 Å². The molecule has 0 saturated heterocycles. The number of nitrogens with one attached hydrogen (secondary N) is 1. The van der Waals surface area contributed by atoms with Crippen LogP contribution in [0.2, 0.25) is 0 Å². The molecule has 1 aliphatic carbocycles. The molecule has 0 spiro atoms. The lowest BCUT2D eigenvalue weighted by molar-refractivity contribution is 0.298. The Morgan fingerprint density at radius 1 is 1.43 bits per heavy atom. The second-order valence-electron chi connectivity index (χ2n) is 5.50. The van der Waals surface area contributed by atoms with Gasteiger partial charge in [-0.3, -0.25) is 0 Å². The van der Waals surface area contributed by atoms with Crippen LogP contribution in [0.25, 0.3) is 0 Å². The zero-order chi connectivity index (χ0) is 14.7. The summed E-state index contributed by atoms with van der Waals surface area (Å²) < 4.78 is 6.05. The molecule has 0 amide bonds. The fraction of sp³-hybridized carbons (Fsp3) is 0.471. The predicted octanol–water partition coefficient (Wildman–Crippen LogP) is 4.02. The van der Waals surface area contributed by atoms with Crippen LogP contribution in [0.3, 0.4) is 0 Å². The molecule has 1 atom stereocenters. The van der Waals surface area contributed by atoms with E-state index in [0.29, 0.717) is 12.6 Å². The van der Waals surface area contributed by atoms with Crippen molar-refractivity contribution in [3.8, 4) is 5.75 Å². The van der Waals surface area contributed by atoms with Gasteiger partial charge in [0.1, 0.15) is 17.4 Å². The average molecular weight is 302 g/mol. The maximum atomic E-state index is 6.05. The molecule has 0 aliphatic heterocycles. The van der Waals surface area contributed by atoms with Crippen molar-refractivity contribution in [3.05, 3.63) is 45.4 Å². The normalized spacial score (nSPS) is 17.5. The maximum Gasteiger partial charge on any atom is 0.140 e. The van der Waals surface area contributed by atoms with Gasteiger partial charge in [-0.05, 0) is 49.9 Å². The first kappa shape index (κ1) is 14.5. The summed E-state index contributed by atoms with van der Waals surface area (Å²) >= 11 is 1.67. The second kappa shape index (κ2) is 6.58. The lowest BCUT2D eigenvalue weighted by Gasteiger charge is -2.27. The third-order valence-corrected chi connectivity index (χ3v) is 4.87. The summed E-state index contributed by atoms with van der Waals surface area (Å²) in [5.41, 5.74) is 3.86. The molecule has 3 rings (SSSR count).